The van der Waals surface area contributed by atoms with Crippen LogP contribution in [-0.2, 0) is 4.79 Å². The van der Waals surface area contributed by atoms with Crippen LogP contribution >= 0.6 is 11.3 Å². The zero-order chi connectivity index (χ0) is 22.4. The lowest BCUT2D eigenvalue weighted by Gasteiger charge is -2.28. The van der Waals surface area contributed by atoms with Gasteiger partial charge in [-0.3, -0.25) is 9.78 Å². The van der Waals surface area contributed by atoms with E-state index < -0.39 is 6.04 Å². The summed E-state index contributed by atoms with van der Waals surface area (Å²) in [6.45, 7) is 2.03. The van der Waals surface area contributed by atoms with Crippen molar-refractivity contribution in [2.24, 2.45) is 0 Å². The smallest absolute Gasteiger partial charge is 0.255 e. The summed E-state index contributed by atoms with van der Waals surface area (Å²) in [5.41, 5.74) is 2.65. The predicted molar refractivity (Wildman–Crippen MR) is 123 cm³/mol. The maximum absolute atomic E-state index is 13.5. The molecule has 2 N–H and O–H groups in total. The van der Waals surface area contributed by atoms with Crippen LogP contribution in [0.1, 0.15) is 18.5 Å². The molecule has 0 unspecified atom stereocenters. The second kappa shape index (κ2) is 7.75. The van der Waals surface area contributed by atoms with Crippen LogP contribution in [0.15, 0.2) is 71.5 Å². The van der Waals surface area contributed by atoms with Crippen molar-refractivity contribution in [3.05, 3.63) is 77.1 Å². The lowest BCUT2D eigenvalue weighted by Crippen LogP contribution is -2.31. The van der Waals surface area contributed by atoms with Gasteiger partial charge in [0.2, 0.25) is 12.7 Å². The van der Waals surface area contributed by atoms with Crippen LogP contribution in [0.3, 0.4) is 0 Å². The van der Waals surface area contributed by atoms with Gasteiger partial charge >= 0.3 is 0 Å². The van der Waals surface area contributed by atoms with Crippen molar-refractivity contribution in [2.75, 3.05) is 17.4 Å². The average Bonchev–Trinajstić information content (AvgIpc) is 3.58. The van der Waals surface area contributed by atoms with Crippen LogP contribution < -0.4 is 20.1 Å². The van der Waals surface area contributed by atoms with Crippen molar-refractivity contribution in [3.63, 3.8) is 0 Å². The molecule has 164 valence electrons. The third-order valence-electron chi connectivity index (χ3n) is 5.47. The van der Waals surface area contributed by atoms with Gasteiger partial charge in [-0.2, -0.15) is 4.98 Å². The highest BCUT2D eigenvalue weighted by atomic mass is 32.1. The molecule has 33 heavy (non-hydrogen) atoms. The van der Waals surface area contributed by atoms with Gasteiger partial charge in [0, 0.05) is 11.9 Å². The zero-order valence-corrected chi connectivity index (χ0v) is 18.3. The molecule has 2 aliphatic heterocycles. The molecule has 3 aromatic heterocycles. The number of aromatic nitrogens is 4. The monoisotopic (exact) mass is 458 g/mol. The van der Waals surface area contributed by atoms with E-state index in [1.54, 1.807) is 40.5 Å². The van der Waals surface area contributed by atoms with Crippen LogP contribution in [0.25, 0.3) is 10.7 Å². The zero-order valence-electron chi connectivity index (χ0n) is 17.5. The van der Waals surface area contributed by atoms with Crippen LogP contribution in [0, 0.1) is 0 Å². The first kappa shape index (κ1) is 19.5. The van der Waals surface area contributed by atoms with Gasteiger partial charge in [-0.05, 0) is 48.2 Å². The number of fused-ring (bicyclic) bond motifs is 2. The Morgan fingerprint density at radius 2 is 2.12 bits per heavy atom. The third-order valence-corrected chi connectivity index (χ3v) is 6.34. The number of carbonyl (C=O) groups is 1. The second-order valence-corrected chi connectivity index (χ2v) is 8.50. The van der Waals surface area contributed by atoms with Gasteiger partial charge < -0.3 is 20.1 Å². The Morgan fingerprint density at radius 1 is 1.21 bits per heavy atom. The third kappa shape index (κ3) is 3.40. The Morgan fingerprint density at radius 3 is 2.94 bits per heavy atom. The van der Waals surface area contributed by atoms with E-state index >= 15 is 0 Å². The van der Waals surface area contributed by atoms with E-state index in [1.807, 2.05) is 42.6 Å². The van der Waals surface area contributed by atoms with Gasteiger partial charge in [-0.25, -0.2) is 4.68 Å². The van der Waals surface area contributed by atoms with E-state index in [0.717, 1.165) is 10.4 Å². The maximum Gasteiger partial charge on any atom is 0.255 e. The molecule has 0 spiro atoms. The Hall–Kier alpha value is -4.18. The highest BCUT2D eigenvalue weighted by Gasteiger charge is 2.35. The van der Waals surface area contributed by atoms with Crippen molar-refractivity contribution in [1.29, 1.82) is 0 Å². The number of carbonyl (C=O) groups excluding carboxylic acids is 1. The summed E-state index contributed by atoms with van der Waals surface area (Å²) in [5, 5.41) is 13.0. The molecule has 9 nitrogen and oxygen atoms in total. The molecule has 2 aliphatic rings. The van der Waals surface area contributed by atoms with E-state index in [4.69, 9.17) is 14.6 Å². The van der Waals surface area contributed by atoms with Gasteiger partial charge in [0.25, 0.3) is 5.91 Å². The average molecular weight is 459 g/mol. The summed E-state index contributed by atoms with van der Waals surface area (Å²) >= 11 is 1.56. The molecule has 1 amide bonds. The fourth-order valence-corrected chi connectivity index (χ4v) is 4.63. The number of thiophene rings is 1. The number of pyridine rings is 1. The number of hydrogen-bond donors (Lipinski definition) is 2. The summed E-state index contributed by atoms with van der Waals surface area (Å²) in [6.07, 6.45) is 3.26. The number of benzene rings is 1. The minimum Gasteiger partial charge on any atom is -0.454 e. The van der Waals surface area contributed by atoms with E-state index in [1.165, 1.54) is 0 Å². The van der Waals surface area contributed by atoms with Crippen LogP contribution in [-0.4, -0.2) is 32.4 Å². The van der Waals surface area contributed by atoms with Gasteiger partial charge in [0.1, 0.15) is 6.04 Å². The molecule has 0 radical (unpaired) electrons. The minimum atomic E-state index is -0.520. The quantitative estimate of drug-likeness (QED) is 0.475. The van der Waals surface area contributed by atoms with E-state index in [9.17, 15) is 4.79 Å². The Kier molecular flexibility index (Phi) is 4.58. The normalized spacial score (nSPS) is 16.3. The first-order valence-corrected chi connectivity index (χ1v) is 11.1. The molecule has 5 heterocycles. The molecule has 0 saturated carbocycles. The van der Waals surface area contributed by atoms with Crippen molar-refractivity contribution < 1.29 is 14.3 Å². The summed E-state index contributed by atoms with van der Waals surface area (Å²) in [7, 11) is 0. The summed E-state index contributed by atoms with van der Waals surface area (Å²) in [4.78, 5) is 23.2. The van der Waals surface area contributed by atoms with Gasteiger partial charge in [0.05, 0.1) is 22.3 Å². The number of allylic oxidation sites excluding steroid dienone is 1. The number of anilines is 2. The van der Waals surface area contributed by atoms with Crippen molar-refractivity contribution in [3.8, 4) is 22.2 Å². The molecule has 0 bridgehead atoms. The molecule has 6 rings (SSSR count). The lowest BCUT2D eigenvalue weighted by molar-refractivity contribution is -0.113. The Labute approximate surface area is 192 Å². The summed E-state index contributed by atoms with van der Waals surface area (Å²) < 4.78 is 12.8. The van der Waals surface area contributed by atoms with E-state index in [2.05, 4.69) is 20.6 Å². The highest BCUT2D eigenvalue weighted by molar-refractivity contribution is 7.13. The molecular weight excluding hydrogens is 440 g/mol. The van der Waals surface area contributed by atoms with E-state index in [0.29, 0.717) is 40.2 Å². The minimum absolute atomic E-state index is 0.172. The number of rotatable bonds is 4. The van der Waals surface area contributed by atoms with Crippen molar-refractivity contribution in [1.82, 2.24) is 19.7 Å². The number of nitrogens with one attached hydrogen (secondary N) is 2. The Balaban J connectivity index is 1.47. The highest BCUT2D eigenvalue weighted by Crippen LogP contribution is 2.41. The molecule has 0 saturated heterocycles. The number of nitrogens with zero attached hydrogens (tertiary/aromatic N) is 4. The van der Waals surface area contributed by atoms with Gasteiger partial charge in [0.15, 0.2) is 17.3 Å². The van der Waals surface area contributed by atoms with Crippen LogP contribution in [0.5, 0.6) is 11.5 Å². The van der Waals surface area contributed by atoms with Crippen molar-refractivity contribution in [2.45, 2.75) is 13.0 Å². The molecule has 10 heteroatoms. The van der Waals surface area contributed by atoms with E-state index in [-0.39, 0.29) is 12.7 Å². The molecule has 4 aromatic rings. The molecule has 0 aliphatic carbocycles. The van der Waals surface area contributed by atoms with Gasteiger partial charge in [-0.1, -0.05) is 12.1 Å². The standard InChI is InChI=1S/C23H18N6O3S/c1-13-19(22(30)26-15-4-2-8-24-11-15)20(14-6-7-16-17(10-14)32-12-31-16)29-23(25-13)27-21(28-29)18-5-3-9-33-18/h2-11,20H,12H2,1H3,(H,26,30)(H,25,27,28)/t20-/m0/s1. The predicted octanol–water partition coefficient (Wildman–Crippen LogP) is 4.06. The first-order valence-electron chi connectivity index (χ1n) is 10.3. The summed E-state index contributed by atoms with van der Waals surface area (Å²) in [6, 6.07) is 12.6. The number of amides is 1. The van der Waals surface area contributed by atoms with Crippen LogP contribution in [0.4, 0.5) is 11.6 Å². The number of ether oxygens (including phenoxy) is 2. The lowest BCUT2D eigenvalue weighted by atomic mass is 9.94. The fraction of sp³-hybridized carbons (Fsp3) is 0.130. The molecular formula is C23H18N6O3S. The summed E-state index contributed by atoms with van der Waals surface area (Å²) in [5.74, 6) is 2.22. The molecule has 1 aromatic carbocycles. The second-order valence-electron chi connectivity index (χ2n) is 7.56. The largest absolute Gasteiger partial charge is 0.454 e. The SMILES string of the molecule is CC1=C(C(=O)Nc2cccnc2)[C@H](c2ccc3c(c2)OCO3)n2nc(-c3cccs3)nc2N1. The number of hydrogen-bond acceptors (Lipinski definition) is 8. The molecule has 1 atom stereocenters. The van der Waals surface area contributed by atoms with Crippen LogP contribution in [0.2, 0.25) is 0 Å². The molecule has 0 fully saturated rings. The topological polar surface area (TPSA) is 103 Å². The van der Waals surface area contributed by atoms with Crippen molar-refractivity contribution >= 4 is 28.9 Å². The first-order chi connectivity index (χ1) is 16.2. The fourth-order valence-electron chi connectivity index (χ4n) is 3.98. The Bertz CT molecular complexity index is 1380. The maximum atomic E-state index is 13.5. The van der Waals surface area contributed by atoms with Gasteiger partial charge in [-0.15, -0.1) is 16.4 Å².